The molecule has 1 atom stereocenters. The molecule has 0 aromatic carbocycles. The topological polar surface area (TPSA) is 128 Å². The summed E-state index contributed by atoms with van der Waals surface area (Å²) in [6, 6.07) is 1.08. The van der Waals surface area contributed by atoms with Crippen molar-refractivity contribution in [1.82, 2.24) is 15.1 Å². The van der Waals surface area contributed by atoms with Crippen molar-refractivity contribution in [3.05, 3.63) is 28.2 Å². The molecular formula is C12H15N3O6. The van der Waals surface area contributed by atoms with Crippen molar-refractivity contribution in [2.24, 2.45) is 7.05 Å². The normalized spacial score (nSPS) is 11.5. The van der Waals surface area contributed by atoms with Crippen molar-refractivity contribution in [1.29, 1.82) is 0 Å². The highest BCUT2D eigenvalue weighted by Crippen LogP contribution is 2.01. The minimum atomic E-state index is -1.28. The number of nitrogens with one attached hydrogen (secondary N) is 1. The van der Waals surface area contributed by atoms with Gasteiger partial charge in [-0.1, -0.05) is 0 Å². The smallest absolute Gasteiger partial charge is 0.326 e. The number of carboxylic acid groups (broad SMARTS) is 1. The van der Waals surface area contributed by atoms with Gasteiger partial charge in [0.2, 0.25) is 0 Å². The van der Waals surface area contributed by atoms with Crippen LogP contribution in [0.2, 0.25) is 0 Å². The lowest BCUT2D eigenvalue weighted by Crippen LogP contribution is -2.42. The Morgan fingerprint density at radius 3 is 2.62 bits per heavy atom. The van der Waals surface area contributed by atoms with Gasteiger partial charge in [0.15, 0.2) is 0 Å². The first-order chi connectivity index (χ1) is 9.85. The molecule has 1 amide bonds. The number of rotatable bonds is 6. The van der Waals surface area contributed by atoms with E-state index in [0.29, 0.717) is 0 Å². The molecule has 114 valence electrons. The van der Waals surface area contributed by atoms with Crippen LogP contribution in [0.5, 0.6) is 0 Å². The average molecular weight is 297 g/mol. The molecule has 1 rings (SSSR count). The van der Waals surface area contributed by atoms with Crippen LogP contribution in [0, 0.1) is 0 Å². The number of aliphatic carboxylic acids is 1. The number of ether oxygens (including phenoxy) is 1. The molecule has 9 nitrogen and oxygen atoms in total. The number of nitrogens with zero attached hydrogens (tertiary/aromatic N) is 2. The van der Waals surface area contributed by atoms with Crippen LogP contribution in [0.4, 0.5) is 0 Å². The quantitative estimate of drug-likeness (QED) is 0.639. The molecule has 2 N–H and O–H groups in total. The molecule has 0 spiro atoms. The van der Waals surface area contributed by atoms with Crippen LogP contribution in [-0.2, 0) is 21.4 Å². The molecule has 21 heavy (non-hydrogen) atoms. The van der Waals surface area contributed by atoms with Crippen molar-refractivity contribution < 1.29 is 24.2 Å². The fourth-order valence-electron chi connectivity index (χ4n) is 1.48. The SMILES string of the molecule is COC(=O)CC[C@H](NC(=O)c1ccc(=O)n(C)n1)C(=O)O. The van der Waals surface area contributed by atoms with Gasteiger partial charge >= 0.3 is 11.9 Å². The third-order valence-electron chi connectivity index (χ3n) is 2.66. The van der Waals surface area contributed by atoms with Crippen molar-refractivity contribution in [2.45, 2.75) is 18.9 Å². The van der Waals surface area contributed by atoms with Gasteiger partial charge in [0.25, 0.3) is 11.5 Å². The molecule has 1 aromatic rings. The number of esters is 1. The lowest BCUT2D eigenvalue weighted by molar-refractivity contribution is -0.142. The zero-order valence-corrected chi connectivity index (χ0v) is 11.5. The summed E-state index contributed by atoms with van der Waals surface area (Å²) in [4.78, 5) is 45.1. The molecule has 0 aliphatic heterocycles. The number of amides is 1. The second-order valence-corrected chi connectivity index (χ2v) is 4.16. The van der Waals surface area contributed by atoms with Gasteiger partial charge < -0.3 is 15.2 Å². The lowest BCUT2D eigenvalue weighted by Gasteiger charge is -2.13. The number of carboxylic acids is 1. The van der Waals surface area contributed by atoms with Crippen molar-refractivity contribution in [3.8, 4) is 0 Å². The van der Waals surface area contributed by atoms with Gasteiger partial charge in [0.1, 0.15) is 11.7 Å². The fourth-order valence-corrected chi connectivity index (χ4v) is 1.48. The Bertz CT molecular complexity index is 609. The van der Waals surface area contributed by atoms with E-state index in [1.54, 1.807) is 0 Å². The summed E-state index contributed by atoms with van der Waals surface area (Å²) in [5.74, 6) is -2.60. The molecule has 1 aromatic heterocycles. The van der Waals surface area contributed by atoms with E-state index in [9.17, 15) is 19.2 Å². The van der Waals surface area contributed by atoms with Crippen LogP contribution in [-0.4, -0.2) is 45.9 Å². The maximum absolute atomic E-state index is 11.9. The predicted molar refractivity (Wildman–Crippen MR) is 69.6 cm³/mol. The number of hydrogen-bond acceptors (Lipinski definition) is 6. The number of aryl methyl sites for hydroxylation is 1. The molecule has 0 unspecified atom stereocenters. The molecular weight excluding hydrogens is 282 g/mol. The van der Waals surface area contributed by atoms with Gasteiger partial charge in [-0.15, -0.1) is 0 Å². The van der Waals surface area contributed by atoms with Crippen LogP contribution in [0.15, 0.2) is 16.9 Å². The molecule has 0 aliphatic rings. The van der Waals surface area contributed by atoms with E-state index in [-0.39, 0.29) is 18.5 Å². The van der Waals surface area contributed by atoms with E-state index >= 15 is 0 Å². The van der Waals surface area contributed by atoms with Crippen LogP contribution < -0.4 is 10.9 Å². The second-order valence-electron chi connectivity index (χ2n) is 4.16. The Balaban J connectivity index is 2.76. The summed E-state index contributed by atoms with van der Waals surface area (Å²) < 4.78 is 5.36. The Morgan fingerprint density at radius 1 is 1.43 bits per heavy atom. The first-order valence-electron chi connectivity index (χ1n) is 6.00. The standard InChI is InChI=1S/C12H15N3O6/c1-15-9(16)5-3-7(14-15)11(18)13-8(12(19)20)4-6-10(17)21-2/h3,5,8H,4,6H2,1-2H3,(H,13,18)(H,19,20)/t8-/m0/s1. The third-order valence-corrected chi connectivity index (χ3v) is 2.66. The van der Waals surface area contributed by atoms with Gasteiger partial charge in [-0.25, -0.2) is 9.48 Å². The zero-order chi connectivity index (χ0) is 16.0. The number of hydrogen-bond donors (Lipinski definition) is 2. The molecule has 0 fully saturated rings. The molecule has 0 saturated heterocycles. The number of aromatic nitrogens is 2. The van der Waals surface area contributed by atoms with Crippen LogP contribution >= 0.6 is 0 Å². The van der Waals surface area contributed by atoms with Gasteiger partial charge in [-0.05, 0) is 12.5 Å². The Morgan fingerprint density at radius 2 is 2.10 bits per heavy atom. The maximum Gasteiger partial charge on any atom is 0.326 e. The molecule has 0 aliphatic carbocycles. The summed E-state index contributed by atoms with van der Waals surface area (Å²) in [5, 5.41) is 14.9. The Kier molecular flexibility index (Phi) is 5.58. The summed E-state index contributed by atoms with van der Waals surface area (Å²) in [6.45, 7) is 0. The molecule has 0 radical (unpaired) electrons. The lowest BCUT2D eigenvalue weighted by atomic mass is 10.1. The van der Waals surface area contributed by atoms with Crippen molar-refractivity contribution in [3.63, 3.8) is 0 Å². The second kappa shape index (κ2) is 7.17. The van der Waals surface area contributed by atoms with Gasteiger partial charge in [-0.3, -0.25) is 14.4 Å². The van der Waals surface area contributed by atoms with E-state index in [2.05, 4.69) is 15.2 Å². The van der Waals surface area contributed by atoms with Gasteiger partial charge in [0, 0.05) is 19.5 Å². The molecule has 9 heteroatoms. The van der Waals surface area contributed by atoms with E-state index in [4.69, 9.17) is 5.11 Å². The highest BCUT2D eigenvalue weighted by molar-refractivity contribution is 5.94. The predicted octanol–water partition coefficient (Wildman–Crippen LogP) is -1.08. The summed E-state index contributed by atoms with van der Waals surface area (Å²) >= 11 is 0. The number of carbonyl (C=O) groups excluding carboxylic acids is 2. The molecule has 0 saturated carbocycles. The third kappa shape index (κ3) is 4.71. The van der Waals surface area contributed by atoms with Gasteiger partial charge in [-0.2, -0.15) is 5.10 Å². The van der Waals surface area contributed by atoms with Crippen molar-refractivity contribution >= 4 is 17.8 Å². The summed E-state index contributed by atoms with van der Waals surface area (Å²) in [6.07, 6.45) is -0.256. The van der Waals surface area contributed by atoms with E-state index in [1.807, 2.05) is 0 Å². The minimum Gasteiger partial charge on any atom is -0.480 e. The van der Waals surface area contributed by atoms with Crippen LogP contribution in [0.1, 0.15) is 23.3 Å². The highest BCUT2D eigenvalue weighted by atomic mass is 16.5. The monoisotopic (exact) mass is 297 g/mol. The van der Waals surface area contributed by atoms with Crippen molar-refractivity contribution in [2.75, 3.05) is 7.11 Å². The average Bonchev–Trinajstić information content (AvgIpc) is 2.45. The number of carbonyl (C=O) groups is 3. The maximum atomic E-state index is 11.9. The van der Waals surface area contributed by atoms with Gasteiger partial charge in [0.05, 0.1) is 7.11 Å². The summed E-state index contributed by atoms with van der Waals surface area (Å²) in [5.41, 5.74) is -0.492. The number of methoxy groups -OCH3 is 1. The van der Waals surface area contributed by atoms with Crippen LogP contribution in [0.3, 0.4) is 0 Å². The van der Waals surface area contributed by atoms with E-state index in [1.165, 1.54) is 20.2 Å². The fraction of sp³-hybridized carbons (Fsp3) is 0.417. The first-order valence-corrected chi connectivity index (χ1v) is 6.00. The molecule has 1 heterocycles. The highest BCUT2D eigenvalue weighted by Gasteiger charge is 2.22. The van der Waals surface area contributed by atoms with E-state index in [0.717, 1.165) is 10.7 Å². The van der Waals surface area contributed by atoms with Crippen LogP contribution in [0.25, 0.3) is 0 Å². The van der Waals surface area contributed by atoms with E-state index < -0.39 is 29.4 Å². The first kappa shape index (κ1) is 16.3. The zero-order valence-electron chi connectivity index (χ0n) is 11.5. The largest absolute Gasteiger partial charge is 0.480 e. The Labute approximate surface area is 119 Å². The summed E-state index contributed by atoms with van der Waals surface area (Å²) in [7, 11) is 2.55. The molecule has 0 bridgehead atoms. The minimum absolute atomic E-state index is 0.0959. The Hall–Kier alpha value is -2.71.